The van der Waals surface area contributed by atoms with Gasteiger partial charge in [0.25, 0.3) is 0 Å². The Labute approximate surface area is 103 Å². The summed E-state index contributed by atoms with van der Waals surface area (Å²) >= 11 is 5.68. The average molecular weight is 261 g/mol. The number of hydrogen-bond donors (Lipinski definition) is 1. The molecular weight excluding hydrogens is 248 g/mol. The topological polar surface area (TPSA) is 92.4 Å². The summed E-state index contributed by atoms with van der Waals surface area (Å²) in [5, 5.41) is 19.9. The number of hydrogen-bond acceptors (Lipinski definition) is 6. The number of aromatic nitrogens is 2. The first-order valence-electron chi connectivity index (χ1n) is 4.81. The number of aliphatic hydroxyl groups is 1. The lowest BCUT2D eigenvalue weighted by atomic mass is 10.1. The highest BCUT2D eigenvalue weighted by molar-refractivity contribution is 6.31. The second kappa shape index (κ2) is 4.80. The zero-order valence-electron chi connectivity index (χ0n) is 9.71. The van der Waals surface area contributed by atoms with E-state index in [4.69, 9.17) is 11.6 Å². The van der Waals surface area contributed by atoms with E-state index in [0.717, 1.165) is 6.33 Å². The largest absolute Gasteiger partial charge is 0.394 e. The molecule has 0 aliphatic carbocycles. The number of aliphatic hydroxyl groups excluding tert-OH is 1. The second-order valence-electron chi connectivity index (χ2n) is 4.12. The Morgan fingerprint density at radius 1 is 1.59 bits per heavy atom. The van der Waals surface area contributed by atoms with Crippen LogP contribution in [0.4, 0.5) is 11.5 Å². The maximum atomic E-state index is 10.9. The van der Waals surface area contributed by atoms with E-state index in [1.165, 1.54) is 4.90 Å². The van der Waals surface area contributed by atoms with Crippen molar-refractivity contribution in [3.63, 3.8) is 0 Å². The third-order valence-corrected chi connectivity index (χ3v) is 2.83. The summed E-state index contributed by atoms with van der Waals surface area (Å²) in [6.45, 7) is 3.28. The Morgan fingerprint density at radius 3 is 2.65 bits per heavy atom. The van der Waals surface area contributed by atoms with E-state index in [1.807, 2.05) is 0 Å². The van der Waals surface area contributed by atoms with Crippen molar-refractivity contribution in [1.29, 1.82) is 0 Å². The van der Waals surface area contributed by atoms with Gasteiger partial charge in [0, 0.05) is 7.05 Å². The van der Waals surface area contributed by atoms with E-state index in [2.05, 4.69) is 9.97 Å². The number of nitro groups is 1. The van der Waals surface area contributed by atoms with Gasteiger partial charge in [-0.1, -0.05) is 11.6 Å². The van der Waals surface area contributed by atoms with Crippen molar-refractivity contribution >= 4 is 23.1 Å². The van der Waals surface area contributed by atoms with Crippen molar-refractivity contribution in [2.45, 2.75) is 19.4 Å². The van der Waals surface area contributed by atoms with Crippen LogP contribution in [-0.2, 0) is 0 Å². The van der Waals surface area contributed by atoms with Crippen molar-refractivity contribution < 1.29 is 10.0 Å². The molecule has 1 aromatic heterocycles. The van der Waals surface area contributed by atoms with Crippen LogP contribution in [0, 0.1) is 10.1 Å². The SMILES string of the molecule is CN(c1ncnc(Cl)c1[N+](=O)[O-])C(C)(C)CO. The van der Waals surface area contributed by atoms with Gasteiger partial charge in [0.2, 0.25) is 11.0 Å². The standard InChI is InChI=1S/C9H13ClN4O3/c1-9(2,4-15)13(3)8-6(14(16)17)7(10)11-5-12-8/h5,15H,4H2,1-3H3. The van der Waals surface area contributed by atoms with Crippen molar-refractivity contribution in [2.75, 3.05) is 18.6 Å². The molecule has 1 rings (SSSR count). The molecule has 0 bridgehead atoms. The zero-order chi connectivity index (χ0) is 13.2. The van der Waals surface area contributed by atoms with Crippen molar-refractivity contribution in [3.05, 3.63) is 21.6 Å². The average Bonchev–Trinajstić information content (AvgIpc) is 2.27. The van der Waals surface area contributed by atoms with Gasteiger partial charge >= 0.3 is 5.69 Å². The molecule has 0 aliphatic rings. The molecule has 8 heteroatoms. The molecule has 0 radical (unpaired) electrons. The lowest BCUT2D eigenvalue weighted by molar-refractivity contribution is -0.384. The highest BCUT2D eigenvalue weighted by atomic mass is 35.5. The third-order valence-electron chi connectivity index (χ3n) is 2.55. The summed E-state index contributed by atoms with van der Waals surface area (Å²) in [4.78, 5) is 19.2. The van der Waals surface area contributed by atoms with Crippen molar-refractivity contribution in [2.24, 2.45) is 0 Å². The van der Waals surface area contributed by atoms with E-state index >= 15 is 0 Å². The number of anilines is 1. The van der Waals surface area contributed by atoms with Gasteiger partial charge in [-0.2, -0.15) is 0 Å². The van der Waals surface area contributed by atoms with E-state index in [-0.39, 0.29) is 23.3 Å². The van der Waals surface area contributed by atoms with Gasteiger partial charge in [0.05, 0.1) is 17.1 Å². The fraction of sp³-hybridized carbons (Fsp3) is 0.556. The Bertz CT molecular complexity index is 438. The van der Waals surface area contributed by atoms with E-state index < -0.39 is 10.5 Å². The lowest BCUT2D eigenvalue weighted by Gasteiger charge is -2.34. The maximum Gasteiger partial charge on any atom is 0.348 e. The van der Waals surface area contributed by atoms with Gasteiger partial charge in [0.15, 0.2) is 0 Å². The Hall–Kier alpha value is -1.47. The Morgan fingerprint density at radius 2 is 2.18 bits per heavy atom. The lowest BCUT2D eigenvalue weighted by Crippen LogP contribution is -2.45. The van der Waals surface area contributed by atoms with Gasteiger partial charge in [-0.3, -0.25) is 10.1 Å². The summed E-state index contributed by atoms with van der Waals surface area (Å²) in [6, 6.07) is 0. The molecule has 0 fully saturated rings. The van der Waals surface area contributed by atoms with Crippen LogP contribution in [-0.4, -0.2) is 39.2 Å². The molecule has 0 spiro atoms. The summed E-state index contributed by atoms with van der Waals surface area (Å²) < 4.78 is 0. The van der Waals surface area contributed by atoms with Crippen LogP contribution in [0.3, 0.4) is 0 Å². The second-order valence-corrected chi connectivity index (χ2v) is 4.48. The molecule has 0 aliphatic heterocycles. The molecule has 1 N–H and O–H groups in total. The summed E-state index contributed by atoms with van der Waals surface area (Å²) in [5.74, 6) is 0.0778. The normalized spacial score (nSPS) is 11.4. The minimum Gasteiger partial charge on any atom is -0.394 e. The molecule has 1 heterocycles. The van der Waals surface area contributed by atoms with Crippen molar-refractivity contribution in [3.8, 4) is 0 Å². The molecule has 94 valence electrons. The molecule has 0 amide bonds. The number of halogens is 1. The molecule has 0 atom stereocenters. The van der Waals surface area contributed by atoms with E-state index in [0.29, 0.717) is 0 Å². The Kier molecular flexibility index (Phi) is 3.84. The minimum atomic E-state index is -0.692. The number of rotatable bonds is 4. The zero-order valence-corrected chi connectivity index (χ0v) is 10.5. The fourth-order valence-electron chi connectivity index (χ4n) is 1.14. The van der Waals surface area contributed by atoms with Crippen LogP contribution in [0.25, 0.3) is 0 Å². The first-order chi connectivity index (χ1) is 7.81. The van der Waals surface area contributed by atoms with Gasteiger partial charge in [0.1, 0.15) is 6.33 Å². The first-order valence-corrected chi connectivity index (χ1v) is 5.18. The van der Waals surface area contributed by atoms with Gasteiger partial charge in [-0.25, -0.2) is 9.97 Å². The molecule has 0 saturated carbocycles. The molecule has 0 aromatic carbocycles. The quantitative estimate of drug-likeness (QED) is 0.497. The Balaban J connectivity index is 3.32. The highest BCUT2D eigenvalue weighted by Gasteiger charge is 2.31. The maximum absolute atomic E-state index is 10.9. The fourth-order valence-corrected chi connectivity index (χ4v) is 1.34. The van der Waals surface area contributed by atoms with E-state index in [1.54, 1.807) is 20.9 Å². The predicted molar refractivity (Wildman–Crippen MR) is 63.3 cm³/mol. The monoisotopic (exact) mass is 260 g/mol. The van der Waals surface area contributed by atoms with Crippen LogP contribution in [0.1, 0.15) is 13.8 Å². The van der Waals surface area contributed by atoms with Crippen LogP contribution in [0.2, 0.25) is 5.15 Å². The van der Waals surface area contributed by atoms with Gasteiger partial charge in [-0.15, -0.1) is 0 Å². The van der Waals surface area contributed by atoms with Crippen LogP contribution < -0.4 is 4.90 Å². The molecular formula is C9H13ClN4O3. The van der Waals surface area contributed by atoms with E-state index in [9.17, 15) is 15.2 Å². The first kappa shape index (κ1) is 13.6. The highest BCUT2D eigenvalue weighted by Crippen LogP contribution is 2.33. The minimum absolute atomic E-state index is 0.0778. The van der Waals surface area contributed by atoms with Gasteiger partial charge in [-0.05, 0) is 13.8 Å². The van der Waals surface area contributed by atoms with Crippen molar-refractivity contribution in [1.82, 2.24) is 9.97 Å². The van der Waals surface area contributed by atoms with Gasteiger partial charge < -0.3 is 10.0 Å². The molecule has 0 unspecified atom stereocenters. The van der Waals surface area contributed by atoms with Crippen LogP contribution >= 0.6 is 11.6 Å². The molecule has 1 aromatic rings. The van der Waals surface area contributed by atoms with Crippen LogP contribution in [0.5, 0.6) is 0 Å². The third kappa shape index (κ3) is 2.62. The summed E-state index contributed by atoms with van der Waals surface area (Å²) in [6.07, 6.45) is 1.15. The molecule has 7 nitrogen and oxygen atoms in total. The molecule has 17 heavy (non-hydrogen) atoms. The summed E-state index contributed by atoms with van der Waals surface area (Å²) in [5.41, 5.74) is -1.05. The van der Waals surface area contributed by atoms with Crippen LogP contribution in [0.15, 0.2) is 6.33 Å². The predicted octanol–water partition coefficient (Wildman–Crippen LogP) is 1.25. The number of nitrogens with zero attached hydrogens (tertiary/aromatic N) is 4. The number of likely N-dealkylation sites (N-methyl/N-ethyl adjacent to an activating group) is 1. The smallest absolute Gasteiger partial charge is 0.348 e. The summed E-state index contributed by atoms with van der Waals surface area (Å²) in [7, 11) is 1.60. The molecule has 0 saturated heterocycles.